The van der Waals surface area contributed by atoms with E-state index in [1.807, 2.05) is 13.0 Å². The number of rotatable bonds is 3. The van der Waals surface area contributed by atoms with Crippen LogP contribution < -0.4 is 5.32 Å². The maximum Gasteiger partial charge on any atom is 0.146 e. The number of aryl methyl sites for hydroxylation is 1. The summed E-state index contributed by atoms with van der Waals surface area (Å²) in [5.74, 6) is -0.787. The zero-order valence-electron chi connectivity index (χ0n) is 9.81. The number of benzene rings is 2. The summed E-state index contributed by atoms with van der Waals surface area (Å²) in [5.41, 5.74) is 1.96. The van der Waals surface area contributed by atoms with Gasteiger partial charge in [-0.2, -0.15) is 0 Å². The van der Waals surface area contributed by atoms with E-state index in [2.05, 4.69) is 5.32 Å². The van der Waals surface area contributed by atoms with Crippen molar-refractivity contribution in [1.82, 2.24) is 0 Å². The molecule has 0 radical (unpaired) electrons. The van der Waals surface area contributed by atoms with Crippen molar-refractivity contribution >= 4 is 17.3 Å². The number of nitrogens with one attached hydrogen (secondary N) is 1. The van der Waals surface area contributed by atoms with Gasteiger partial charge < -0.3 is 5.32 Å². The molecule has 18 heavy (non-hydrogen) atoms. The fourth-order valence-corrected chi connectivity index (χ4v) is 1.73. The molecule has 0 aromatic heterocycles. The van der Waals surface area contributed by atoms with Crippen LogP contribution in [0.1, 0.15) is 11.1 Å². The zero-order chi connectivity index (χ0) is 13.1. The largest absolute Gasteiger partial charge is 0.379 e. The highest BCUT2D eigenvalue weighted by molar-refractivity contribution is 6.30. The summed E-state index contributed by atoms with van der Waals surface area (Å²) >= 11 is 5.59. The summed E-state index contributed by atoms with van der Waals surface area (Å²) in [5, 5.41) is 3.00. The highest BCUT2D eigenvalue weighted by Gasteiger charge is 2.04. The minimum Gasteiger partial charge on any atom is -0.379 e. The van der Waals surface area contributed by atoms with E-state index in [9.17, 15) is 8.78 Å². The van der Waals surface area contributed by atoms with Crippen LogP contribution in [-0.2, 0) is 6.54 Å². The third-order valence-corrected chi connectivity index (χ3v) is 2.90. The summed E-state index contributed by atoms with van der Waals surface area (Å²) in [6.07, 6.45) is 0. The Morgan fingerprint density at radius 3 is 2.50 bits per heavy atom. The predicted octanol–water partition coefficient (Wildman–Crippen LogP) is 4.54. The Bertz CT molecular complexity index is 570. The third kappa shape index (κ3) is 2.99. The summed E-state index contributed by atoms with van der Waals surface area (Å²) in [6.45, 7) is 2.16. The number of hydrogen-bond acceptors (Lipinski definition) is 1. The SMILES string of the molecule is Cc1ccc(NCc2ccc(Cl)c(F)c2)c(F)c1. The molecule has 0 unspecified atom stereocenters. The molecule has 0 spiro atoms. The van der Waals surface area contributed by atoms with E-state index in [1.54, 1.807) is 12.1 Å². The monoisotopic (exact) mass is 267 g/mol. The van der Waals surface area contributed by atoms with Crippen molar-refractivity contribution < 1.29 is 8.78 Å². The first kappa shape index (κ1) is 12.8. The molecule has 1 nitrogen and oxygen atoms in total. The zero-order valence-corrected chi connectivity index (χ0v) is 10.6. The maximum absolute atomic E-state index is 13.5. The molecular weight excluding hydrogens is 256 g/mol. The Hall–Kier alpha value is -1.61. The van der Waals surface area contributed by atoms with Gasteiger partial charge in [-0.25, -0.2) is 8.78 Å². The van der Waals surface area contributed by atoms with Gasteiger partial charge in [0.1, 0.15) is 11.6 Å². The topological polar surface area (TPSA) is 12.0 Å². The van der Waals surface area contributed by atoms with Crippen molar-refractivity contribution in [3.8, 4) is 0 Å². The highest BCUT2D eigenvalue weighted by atomic mass is 35.5. The minimum atomic E-state index is -0.472. The smallest absolute Gasteiger partial charge is 0.146 e. The van der Waals surface area contributed by atoms with Gasteiger partial charge in [0.05, 0.1) is 10.7 Å². The molecule has 0 heterocycles. The molecule has 0 saturated heterocycles. The van der Waals surface area contributed by atoms with Crippen LogP contribution in [0.5, 0.6) is 0 Å². The summed E-state index contributed by atoms with van der Waals surface area (Å²) in [6, 6.07) is 9.45. The fraction of sp³-hybridized carbons (Fsp3) is 0.143. The first-order chi connectivity index (χ1) is 8.56. The van der Waals surface area contributed by atoms with Crippen LogP contribution in [0.3, 0.4) is 0 Å². The molecule has 0 amide bonds. The van der Waals surface area contributed by atoms with Gasteiger partial charge in [0.2, 0.25) is 0 Å². The van der Waals surface area contributed by atoms with Crippen molar-refractivity contribution in [1.29, 1.82) is 0 Å². The molecule has 2 aromatic carbocycles. The van der Waals surface area contributed by atoms with Crippen LogP contribution in [0.15, 0.2) is 36.4 Å². The minimum absolute atomic E-state index is 0.0836. The highest BCUT2D eigenvalue weighted by Crippen LogP contribution is 2.19. The molecule has 0 atom stereocenters. The van der Waals surface area contributed by atoms with Crippen LogP contribution in [-0.4, -0.2) is 0 Å². The Kier molecular flexibility index (Phi) is 3.82. The first-order valence-electron chi connectivity index (χ1n) is 5.50. The molecule has 4 heteroatoms. The van der Waals surface area contributed by atoms with Crippen molar-refractivity contribution in [2.45, 2.75) is 13.5 Å². The van der Waals surface area contributed by atoms with Crippen LogP contribution >= 0.6 is 11.6 Å². The van der Waals surface area contributed by atoms with Gasteiger partial charge in [0.15, 0.2) is 0 Å². The second-order valence-electron chi connectivity index (χ2n) is 4.09. The first-order valence-corrected chi connectivity index (χ1v) is 5.88. The van der Waals surface area contributed by atoms with Crippen LogP contribution in [0.2, 0.25) is 5.02 Å². The number of halogens is 3. The maximum atomic E-state index is 13.5. The second-order valence-corrected chi connectivity index (χ2v) is 4.49. The quantitative estimate of drug-likeness (QED) is 0.861. The van der Waals surface area contributed by atoms with Crippen LogP contribution in [0.25, 0.3) is 0 Å². The summed E-state index contributed by atoms with van der Waals surface area (Å²) < 4.78 is 26.7. The Balaban J connectivity index is 2.09. The number of hydrogen-bond donors (Lipinski definition) is 1. The molecule has 0 aliphatic carbocycles. The molecule has 2 aromatic rings. The van der Waals surface area contributed by atoms with Crippen molar-refractivity contribution in [3.63, 3.8) is 0 Å². The molecular formula is C14H12ClF2N. The molecule has 94 valence electrons. The van der Waals surface area contributed by atoms with Gasteiger partial charge >= 0.3 is 0 Å². The molecule has 2 rings (SSSR count). The lowest BCUT2D eigenvalue weighted by Gasteiger charge is -2.08. The van der Waals surface area contributed by atoms with Gasteiger partial charge in [-0.15, -0.1) is 0 Å². The molecule has 1 N–H and O–H groups in total. The third-order valence-electron chi connectivity index (χ3n) is 2.59. The van der Waals surface area contributed by atoms with E-state index in [0.717, 1.165) is 5.56 Å². The van der Waals surface area contributed by atoms with E-state index >= 15 is 0 Å². The Morgan fingerprint density at radius 2 is 1.83 bits per heavy atom. The van der Waals surface area contributed by atoms with Gasteiger partial charge in [-0.1, -0.05) is 23.7 Å². The molecule has 0 saturated carbocycles. The van der Waals surface area contributed by atoms with Crippen molar-refractivity contribution in [3.05, 3.63) is 64.2 Å². The van der Waals surface area contributed by atoms with E-state index in [0.29, 0.717) is 17.8 Å². The lowest BCUT2D eigenvalue weighted by molar-refractivity contribution is 0.625. The Morgan fingerprint density at radius 1 is 1.06 bits per heavy atom. The summed E-state index contributed by atoms with van der Waals surface area (Å²) in [4.78, 5) is 0. The lowest BCUT2D eigenvalue weighted by Crippen LogP contribution is -2.02. The van der Waals surface area contributed by atoms with Gasteiger partial charge in [0.25, 0.3) is 0 Å². The van der Waals surface area contributed by atoms with Gasteiger partial charge in [-0.3, -0.25) is 0 Å². The average molecular weight is 268 g/mol. The van der Waals surface area contributed by atoms with Crippen molar-refractivity contribution in [2.75, 3.05) is 5.32 Å². The standard InChI is InChI=1S/C14H12ClF2N/c1-9-2-5-14(13(17)6-9)18-8-10-3-4-11(15)12(16)7-10/h2-7,18H,8H2,1H3. The normalized spacial score (nSPS) is 10.4. The van der Waals surface area contributed by atoms with Gasteiger partial charge in [0, 0.05) is 6.54 Å². The van der Waals surface area contributed by atoms with Crippen LogP contribution in [0.4, 0.5) is 14.5 Å². The van der Waals surface area contributed by atoms with E-state index in [4.69, 9.17) is 11.6 Å². The second kappa shape index (κ2) is 5.36. The van der Waals surface area contributed by atoms with Gasteiger partial charge in [-0.05, 0) is 42.3 Å². The summed E-state index contributed by atoms with van der Waals surface area (Å²) in [7, 11) is 0. The molecule has 0 bridgehead atoms. The van der Waals surface area contributed by atoms with Crippen LogP contribution in [0, 0.1) is 18.6 Å². The number of anilines is 1. The average Bonchev–Trinajstić information content (AvgIpc) is 2.32. The predicted molar refractivity (Wildman–Crippen MR) is 69.9 cm³/mol. The van der Waals surface area contributed by atoms with E-state index < -0.39 is 5.82 Å². The van der Waals surface area contributed by atoms with E-state index in [-0.39, 0.29) is 10.8 Å². The molecule has 0 fully saturated rings. The van der Waals surface area contributed by atoms with Crippen molar-refractivity contribution in [2.24, 2.45) is 0 Å². The van der Waals surface area contributed by atoms with E-state index in [1.165, 1.54) is 18.2 Å². The fourth-order valence-electron chi connectivity index (χ4n) is 1.61. The molecule has 0 aliphatic rings. The lowest BCUT2D eigenvalue weighted by atomic mass is 10.2. The molecule has 0 aliphatic heterocycles. The Labute approximate surface area is 109 Å².